The lowest BCUT2D eigenvalue weighted by atomic mass is 9.72. The van der Waals surface area contributed by atoms with Crippen LogP contribution in [0.25, 0.3) is 0 Å². The highest BCUT2D eigenvalue weighted by Gasteiger charge is 2.36. The Labute approximate surface area is 172 Å². The van der Waals surface area contributed by atoms with Crippen molar-refractivity contribution in [3.63, 3.8) is 0 Å². The maximum Gasteiger partial charge on any atom is 0.248 e. The Kier molecular flexibility index (Phi) is 5.30. The number of hydrogen-bond acceptors (Lipinski definition) is 4. The lowest BCUT2D eigenvalue weighted by Crippen LogP contribution is -2.46. The van der Waals surface area contributed by atoms with Gasteiger partial charge in [-0.1, -0.05) is 26.0 Å². The second-order valence-corrected chi connectivity index (χ2v) is 8.93. The van der Waals surface area contributed by atoms with Crippen LogP contribution in [-0.2, 0) is 11.2 Å². The van der Waals surface area contributed by atoms with Crippen LogP contribution < -0.4 is 21.7 Å². The van der Waals surface area contributed by atoms with Gasteiger partial charge in [0.1, 0.15) is 5.54 Å². The molecule has 2 aromatic rings. The third kappa shape index (κ3) is 4.21. The fraction of sp³-hybridized carbons (Fsp3) is 0.391. The molecule has 1 unspecified atom stereocenters. The summed E-state index contributed by atoms with van der Waals surface area (Å²) in [6.45, 7) is 8.12. The number of nitrogens with one attached hydrogen (secondary N) is 3. The van der Waals surface area contributed by atoms with E-state index in [1.807, 2.05) is 38.1 Å². The van der Waals surface area contributed by atoms with E-state index >= 15 is 0 Å². The predicted molar refractivity (Wildman–Crippen MR) is 117 cm³/mol. The molecule has 3 rings (SSSR count). The Morgan fingerprint density at radius 2 is 1.90 bits per heavy atom. The van der Waals surface area contributed by atoms with E-state index in [1.54, 1.807) is 13.1 Å². The highest BCUT2D eigenvalue weighted by molar-refractivity contribution is 5.93. The van der Waals surface area contributed by atoms with Gasteiger partial charge in [0, 0.05) is 24.0 Å². The van der Waals surface area contributed by atoms with Gasteiger partial charge in [-0.3, -0.25) is 9.59 Å². The molecule has 29 heavy (non-hydrogen) atoms. The molecule has 0 radical (unpaired) electrons. The third-order valence-electron chi connectivity index (χ3n) is 5.59. The molecule has 2 aromatic carbocycles. The summed E-state index contributed by atoms with van der Waals surface area (Å²) < 4.78 is 0. The minimum Gasteiger partial charge on any atom is -0.377 e. The molecule has 1 atom stereocenters. The smallest absolute Gasteiger partial charge is 0.248 e. The molecular formula is C23H30N4O2. The molecule has 6 nitrogen and oxygen atoms in total. The van der Waals surface area contributed by atoms with Gasteiger partial charge in [-0.05, 0) is 67.1 Å². The summed E-state index contributed by atoms with van der Waals surface area (Å²) in [7, 11) is 1.64. The molecule has 0 saturated heterocycles. The van der Waals surface area contributed by atoms with Gasteiger partial charge in [0.05, 0.1) is 6.04 Å². The molecule has 0 fully saturated rings. The van der Waals surface area contributed by atoms with Crippen LogP contribution in [0.1, 0.15) is 55.2 Å². The number of carbonyl (C=O) groups is 2. The Hall–Kier alpha value is -3.02. The monoisotopic (exact) mass is 394 g/mol. The second kappa shape index (κ2) is 7.43. The average Bonchev–Trinajstić information content (AvgIpc) is 2.65. The summed E-state index contributed by atoms with van der Waals surface area (Å²) in [5, 5.41) is 9.65. The highest BCUT2D eigenvalue weighted by Crippen LogP contribution is 2.45. The van der Waals surface area contributed by atoms with Crippen molar-refractivity contribution in [3.8, 4) is 0 Å². The SMILES string of the molecule is CNC(=O)C(C)(C)Nc1cccc(C2Nc3ccc(C(N)=O)cc3CC2(C)C)c1. The molecule has 1 aliphatic rings. The molecular weight excluding hydrogens is 364 g/mol. The van der Waals surface area contributed by atoms with Crippen molar-refractivity contribution in [2.45, 2.75) is 45.7 Å². The molecule has 2 amide bonds. The van der Waals surface area contributed by atoms with Crippen molar-refractivity contribution >= 4 is 23.2 Å². The molecule has 5 N–H and O–H groups in total. The van der Waals surface area contributed by atoms with Gasteiger partial charge in [0.25, 0.3) is 0 Å². The zero-order valence-electron chi connectivity index (χ0n) is 17.7. The zero-order valence-corrected chi connectivity index (χ0v) is 17.7. The van der Waals surface area contributed by atoms with Gasteiger partial charge in [0.15, 0.2) is 0 Å². The summed E-state index contributed by atoms with van der Waals surface area (Å²) >= 11 is 0. The number of fused-ring (bicyclic) bond motifs is 1. The van der Waals surface area contributed by atoms with E-state index in [9.17, 15) is 9.59 Å². The van der Waals surface area contributed by atoms with Crippen LogP contribution in [-0.4, -0.2) is 24.4 Å². The summed E-state index contributed by atoms with van der Waals surface area (Å²) in [6, 6.07) is 13.8. The standard InChI is InChI=1S/C23H30N4O2/c1-22(2)13-16-11-15(20(24)28)9-10-18(16)26-19(22)14-7-6-8-17(12-14)27-23(3,4)21(29)25-5/h6-12,19,26-27H,13H2,1-5H3,(H2,24,28)(H,25,29). The van der Waals surface area contributed by atoms with Crippen LogP contribution in [0.5, 0.6) is 0 Å². The molecule has 0 spiro atoms. The van der Waals surface area contributed by atoms with E-state index in [-0.39, 0.29) is 17.4 Å². The number of nitrogens with two attached hydrogens (primary N) is 1. The summed E-state index contributed by atoms with van der Waals surface area (Å²) in [5.74, 6) is -0.483. The zero-order chi connectivity index (χ0) is 21.4. The van der Waals surface area contributed by atoms with Gasteiger partial charge in [-0.2, -0.15) is 0 Å². The maximum atomic E-state index is 12.1. The largest absolute Gasteiger partial charge is 0.377 e. The highest BCUT2D eigenvalue weighted by atomic mass is 16.2. The first-order valence-corrected chi connectivity index (χ1v) is 9.83. The van der Waals surface area contributed by atoms with E-state index in [1.165, 1.54) is 0 Å². The first-order chi connectivity index (χ1) is 13.5. The lowest BCUT2D eigenvalue weighted by molar-refractivity contribution is -0.123. The molecule has 1 aliphatic heterocycles. The van der Waals surface area contributed by atoms with E-state index in [0.717, 1.165) is 28.9 Å². The maximum absolute atomic E-state index is 12.1. The van der Waals surface area contributed by atoms with Crippen molar-refractivity contribution in [2.24, 2.45) is 11.1 Å². The third-order valence-corrected chi connectivity index (χ3v) is 5.59. The van der Waals surface area contributed by atoms with E-state index < -0.39 is 11.4 Å². The van der Waals surface area contributed by atoms with Crippen LogP contribution in [0.15, 0.2) is 42.5 Å². The Morgan fingerprint density at radius 1 is 1.17 bits per heavy atom. The molecule has 6 heteroatoms. The number of likely N-dealkylation sites (N-methyl/N-ethyl adjacent to an activating group) is 1. The first kappa shape index (κ1) is 20.7. The summed E-state index contributed by atoms with van der Waals surface area (Å²) in [6.07, 6.45) is 0.822. The molecule has 1 heterocycles. The van der Waals surface area contributed by atoms with Crippen LogP contribution in [0.3, 0.4) is 0 Å². The van der Waals surface area contributed by atoms with Crippen LogP contribution in [0.2, 0.25) is 0 Å². The Morgan fingerprint density at radius 3 is 2.55 bits per heavy atom. The minimum atomic E-state index is -0.722. The van der Waals surface area contributed by atoms with Crippen LogP contribution in [0, 0.1) is 5.41 Å². The molecule has 0 aromatic heterocycles. The van der Waals surface area contributed by atoms with Gasteiger partial charge < -0.3 is 21.7 Å². The molecule has 0 saturated carbocycles. The normalized spacial score (nSPS) is 17.6. The van der Waals surface area contributed by atoms with Gasteiger partial charge >= 0.3 is 0 Å². The number of amides is 2. The number of rotatable bonds is 5. The second-order valence-electron chi connectivity index (χ2n) is 8.93. The summed E-state index contributed by atoms with van der Waals surface area (Å²) in [4.78, 5) is 23.6. The van der Waals surface area contributed by atoms with Gasteiger partial charge in [0.2, 0.25) is 11.8 Å². The van der Waals surface area contributed by atoms with Crippen LogP contribution >= 0.6 is 0 Å². The van der Waals surface area contributed by atoms with E-state index in [2.05, 4.69) is 41.9 Å². The number of anilines is 2. The van der Waals surface area contributed by atoms with E-state index in [0.29, 0.717) is 5.56 Å². The van der Waals surface area contributed by atoms with Crippen LogP contribution in [0.4, 0.5) is 11.4 Å². The number of primary amides is 1. The van der Waals surface area contributed by atoms with E-state index in [4.69, 9.17) is 5.73 Å². The molecule has 0 bridgehead atoms. The summed E-state index contributed by atoms with van der Waals surface area (Å²) in [5.41, 5.74) is 9.30. The fourth-order valence-corrected chi connectivity index (χ4v) is 4.04. The lowest BCUT2D eigenvalue weighted by Gasteiger charge is -2.41. The molecule has 0 aliphatic carbocycles. The predicted octanol–water partition coefficient (Wildman–Crippen LogP) is 3.46. The first-order valence-electron chi connectivity index (χ1n) is 9.83. The fourth-order valence-electron chi connectivity index (χ4n) is 4.04. The van der Waals surface area contributed by atoms with Crippen molar-refractivity contribution in [3.05, 3.63) is 59.2 Å². The Bertz CT molecular complexity index is 950. The van der Waals surface area contributed by atoms with Crippen molar-refractivity contribution in [1.82, 2.24) is 5.32 Å². The number of benzene rings is 2. The van der Waals surface area contributed by atoms with Crippen molar-refractivity contribution < 1.29 is 9.59 Å². The van der Waals surface area contributed by atoms with Crippen molar-refractivity contribution in [1.29, 1.82) is 0 Å². The quantitative estimate of drug-likeness (QED) is 0.624. The molecule has 154 valence electrons. The van der Waals surface area contributed by atoms with Crippen molar-refractivity contribution in [2.75, 3.05) is 17.7 Å². The minimum absolute atomic E-state index is 0.0711. The number of carbonyl (C=O) groups excluding carboxylic acids is 2. The average molecular weight is 395 g/mol. The number of hydrogen-bond donors (Lipinski definition) is 4. The van der Waals surface area contributed by atoms with Gasteiger partial charge in [-0.25, -0.2) is 0 Å². The topological polar surface area (TPSA) is 96.2 Å². The Balaban J connectivity index is 1.91. The van der Waals surface area contributed by atoms with Gasteiger partial charge in [-0.15, -0.1) is 0 Å².